The Balaban J connectivity index is 2.17. The lowest BCUT2D eigenvalue weighted by Gasteiger charge is -2.09. The van der Waals surface area contributed by atoms with Crippen LogP contribution in [-0.4, -0.2) is 28.6 Å². The number of fused-ring (bicyclic) bond motifs is 1. The molecular weight excluding hydrogens is 338 g/mol. The molecule has 0 unspecified atom stereocenters. The third-order valence-electron chi connectivity index (χ3n) is 3.62. The zero-order valence-electron chi connectivity index (χ0n) is 12.9. The third-order valence-corrected chi connectivity index (χ3v) is 3.92. The monoisotopic (exact) mass is 353 g/mol. The highest BCUT2D eigenvalue weighted by Gasteiger charge is 2.15. The molecule has 0 bridgehead atoms. The summed E-state index contributed by atoms with van der Waals surface area (Å²) in [6.07, 6.45) is 0.0227. The maximum absolute atomic E-state index is 12.1. The van der Waals surface area contributed by atoms with Crippen molar-refractivity contribution in [1.29, 1.82) is 0 Å². The van der Waals surface area contributed by atoms with Gasteiger partial charge in [-0.15, -0.1) is 0 Å². The number of carbonyl (C=O) groups is 2. The lowest BCUT2D eigenvalue weighted by Crippen LogP contribution is -2.26. The number of phenols is 1. The summed E-state index contributed by atoms with van der Waals surface area (Å²) in [5, 5.41) is 21.3. The Morgan fingerprint density at radius 3 is 2.67 bits per heavy atom. The highest BCUT2D eigenvalue weighted by Crippen LogP contribution is 2.30. The number of aryl methyl sites for hydroxylation is 1. The summed E-state index contributed by atoms with van der Waals surface area (Å²) < 4.78 is 5.17. The zero-order valence-corrected chi connectivity index (χ0v) is 13.6. The minimum atomic E-state index is -0.999. The molecule has 0 aliphatic heterocycles. The fraction of sp³-hybridized carbons (Fsp3) is 0.312. The molecule has 0 radical (unpaired) electrons. The van der Waals surface area contributed by atoms with Gasteiger partial charge in [0.05, 0.1) is 11.4 Å². The molecule has 0 saturated heterocycles. The van der Waals surface area contributed by atoms with Crippen molar-refractivity contribution in [3.8, 4) is 5.75 Å². The molecule has 2 rings (SSSR count). The van der Waals surface area contributed by atoms with Crippen LogP contribution in [0.2, 0.25) is 5.02 Å². The molecular formula is C16H16ClNO6. The maximum atomic E-state index is 12.1. The molecule has 0 fully saturated rings. The van der Waals surface area contributed by atoms with Crippen LogP contribution in [-0.2, 0) is 16.0 Å². The number of benzene rings is 1. The summed E-state index contributed by atoms with van der Waals surface area (Å²) in [5.41, 5.74) is 0.605. The van der Waals surface area contributed by atoms with Crippen molar-refractivity contribution in [2.24, 2.45) is 0 Å². The van der Waals surface area contributed by atoms with Crippen LogP contribution in [0.25, 0.3) is 11.0 Å². The fourth-order valence-electron chi connectivity index (χ4n) is 2.32. The van der Waals surface area contributed by atoms with E-state index in [1.54, 1.807) is 6.92 Å². The average Bonchev–Trinajstić information content (AvgIpc) is 2.49. The first-order chi connectivity index (χ1) is 11.3. The third kappa shape index (κ3) is 4.05. The number of amides is 1. The number of carboxylic acid groups (broad SMARTS) is 1. The van der Waals surface area contributed by atoms with Crippen LogP contribution in [0.1, 0.15) is 24.0 Å². The van der Waals surface area contributed by atoms with Gasteiger partial charge in [-0.2, -0.15) is 0 Å². The Morgan fingerprint density at radius 1 is 1.29 bits per heavy atom. The number of carboxylic acids is 1. The van der Waals surface area contributed by atoms with E-state index in [0.29, 0.717) is 16.5 Å². The van der Waals surface area contributed by atoms with E-state index >= 15 is 0 Å². The highest BCUT2D eigenvalue weighted by molar-refractivity contribution is 6.32. The molecule has 0 spiro atoms. The number of nitrogens with one attached hydrogen (secondary N) is 1. The molecule has 0 aliphatic rings. The number of aliphatic carboxylic acids is 1. The van der Waals surface area contributed by atoms with Gasteiger partial charge in [-0.3, -0.25) is 9.59 Å². The summed E-state index contributed by atoms with van der Waals surface area (Å²) >= 11 is 5.88. The van der Waals surface area contributed by atoms with E-state index in [9.17, 15) is 19.5 Å². The van der Waals surface area contributed by atoms with Gasteiger partial charge in [0.25, 0.3) is 0 Å². The molecule has 24 heavy (non-hydrogen) atoms. The van der Waals surface area contributed by atoms with Crippen LogP contribution in [0.3, 0.4) is 0 Å². The van der Waals surface area contributed by atoms with Gasteiger partial charge in [-0.1, -0.05) is 11.6 Å². The predicted octanol–water partition coefficient (Wildman–Crippen LogP) is 1.98. The average molecular weight is 354 g/mol. The van der Waals surface area contributed by atoms with Crippen LogP contribution in [0, 0.1) is 6.92 Å². The number of rotatable bonds is 6. The lowest BCUT2D eigenvalue weighted by molar-refractivity contribution is -0.136. The second-order valence-corrected chi connectivity index (χ2v) is 5.69. The minimum Gasteiger partial charge on any atom is -0.506 e. The van der Waals surface area contributed by atoms with Gasteiger partial charge in [0, 0.05) is 30.0 Å². The SMILES string of the molecule is Cc1c(CCC(=O)NCCC(=O)O)c(=O)oc2cc(O)c(Cl)cc12. The summed E-state index contributed by atoms with van der Waals surface area (Å²) in [4.78, 5) is 34.2. The normalized spacial score (nSPS) is 10.8. The molecule has 0 saturated carbocycles. The van der Waals surface area contributed by atoms with Crippen LogP contribution < -0.4 is 10.9 Å². The summed E-state index contributed by atoms with van der Waals surface area (Å²) in [7, 11) is 0. The van der Waals surface area contributed by atoms with Gasteiger partial charge in [0.15, 0.2) is 0 Å². The van der Waals surface area contributed by atoms with E-state index < -0.39 is 11.6 Å². The smallest absolute Gasteiger partial charge is 0.339 e. The molecule has 1 aromatic carbocycles. The van der Waals surface area contributed by atoms with E-state index in [0.717, 1.165) is 0 Å². The van der Waals surface area contributed by atoms with Crippen molar-refractivity contribution in [3.05, 3.63) is 38.7 Å². The number of aromatic hydroxyl groups is 1. The summed E-state index contributed by atoms with van der Waals surface area (Å²) in [6, 6.07) is 2.77. The van der Waals surface area contributed by atoms with Gasteiger partial charge in [0.1, 0.15) is 11.3 Å². The van der Waals surface area contributed by atoms with E-state index in [4.69, 9.17) is 21.1 Å². The molecule has 0 atom stereocenters. The molecule has 8 heteroatoms. The van der Waals surface area contributed by atoms with Crippen LogP contribution >= 0.6 is 11.6 Å². The molecule has 0 aliphatic carbocycles. The number of carbonyl (C=O) groups excluding carboxylic acids is 1. The van der Waals surface area contributed by atoms with Crippen molar-refractivity contribution in [2.45, 2.75) is 26.2 Å². The predicted molar refractivity (Wildman–Crippen MR) is 87.5 cm³/mol. The quantitative estimate of drug-likeness (QED) is 0.684. The van der Waals surface area contributed by atoms with E-state index in [1.807, 2.05) is 0 Å². The zero-order chi connectivity index (χ0) is 17.9. The first-order valence-electron chi connectivity index (χ1n) is 7.23. The van der Waals surface area contributed by atoms with Gasteiger partial charge in [-0.05, 0) is 25.0 Å². The molecule has 2 aromatic rings. The van der Waals surface area contributed by atoms with E-state index in [1.165, 1.54) is 12.1 Å². The largest absolute Gasteiger partial charge is 0.506 e. The Kier molecular flexibility index (Phi) is 5.46. The molecule has 1 aromatic heterocycles. The second-order valence-electron chi connectivity index (χ2n) is 5.29. The van der Waals surface area contributed by atoms with Gasteiger partial charge in [0.2, 0.25) is 5.91 Å². The Morgan fingerprint density at radius 2 is 2.00 bits per heavy atom. The summed E-state index contributed by atoms with van der Waals surface area (Å²) in [5.74, 6) is -1.53. The lowest BCUT2D eigenvalue weighted by atomic mass is 10.0. The van der Waals surface area contributed by atoms with E-state index in [-0.39, 0.29) is 48.1 Å². The Hall–Kier alpha value is -2.54. The number of halogens is 1. The molecule has 1 heterocycles. The Labute approximate surface area is 141 Å². The van der Waals surface area contributed by atoms with Crippen molar-refractivity contribution in [2.75, 3.05) is 6.54 Å². The minimum absolute atomic E-state index is 0.0303. The van der Waals surface area contributed by atoms with Crippen LogP contribution in [0.5, 0.6) is 5.75 Å². The van der Waals surface area contributed by atoms with Crippen molar-refractivity contribution in [3.63, 3.8) is 0 Å². The summed E-state index contributed by atoms with van der Waals surface area (Å²) in [6.45, 7) is 1.75. The molecule has 3 N–H and O–H groups in total. The molecule has 7 nitrogen and oxygen atoms in total. The first-order valence-corrected chi connectivity index (χ1v) is 7.60. The Bertz CT molecular complexity index is 858. The van der Waals surface area contributed by atoms with Crippen molar-refractivity contribution < 1.29 is 24.2 Å². The standard InChI is InChI=1S/C16H16ClNO6/c1-8-9(2-3-14(20)18-5-4-15(21)22)16(23)24-13-7-12(19)11(17)6-10(8)13/h6-7,19H,2-5H2,1H3,(H,18,20)(H,21,22). The molecule has 1 amide bonds. The topological polar surface area (TPSA) is 117 Å². The maximum Gasteiger partial charge on any atom is 0.339 e. The van der Waals surface area contributed by atoms with Crippen molar-refractivity contribution in [1.82, 2.24) is 5.32 Å². The molecule has 128 valence electrons. The number of hydrogen-bond acceptors (Lipinski definition) is 5. The number of hydrogen-bond donors (Lipinski definition) is 3. The van der Waals surface area contributed by atoms with E-state index in [2.05, 4.69) is 5.32 Å². The van der Waals surface area contributed by atoms with Gasteiger partial charge < -0.3 is 19.9 Å². The highest BCUT2D eigenvalue weighted by atomic mass is 35.5. The van der Waals surface area contributed by atoms with Gasteiger partial charge >= 0.3 is 11.6 Å². The fourth-order valence-corrected chi connectivity index (χ4v) is 2.49. The van der Waals surface area contributed by atoms with Crippen molar-refractivity contribution >= 4 is 34.4 Å². The first kappa shape index (κ1) is 17.8. The van der Waals surface area contributed by atoms with Gasteiger partial charge in [-0.25, -0.2) is 4.79 Å². The number of phenolic OH excluding ortho intramolecular Hbond substituents is 1. The van der Waals surface area contributed by atoms with Crippen LogP contribution in [0.15, 0.2) is 21.3 Å². The second kappa shape index (κ2) is 7.35. The van der Waals surface area contributed by atoms with Crippen LogP contribution in [0.4, 0.5) is 0 Å².